The molecule has 13 heavy (non-hydrogen) atoms. The van der Waals surface area contributed by atoms with E-state index < -0.39 is 0 Å². The molecule has 66 valence electrons. The van der Waals surface area contributed by atoms with Gasteiger partial charge in [-0.1, -0.05) is 5.16 Å². The van der Waals surface area contributed by atoms with E-state index in [0.29, 0.717) is 5.69 Å². The van der Waals surface area contributed by atoms with Gasteiger partial charge < -0.3 is 4.84 Å². The second-order valence-corrected chi connectivity index (χ2v) is 2.40. The summed E-state index contributed by atoms with van der Waals surface area (Å²) in [7, 11) is 1.50. The van der Waals surface area contributed by atoms with E-state index >= 15 is 0 Å². The quantitative estimate of drug-likeness (QED) is 0.386. The maximum Gasteiger partial charge on any atom is 0.122 e. The monoisotopic (exact) mass is 174 g/mol. The third kappa shape index (κ3) is 2.06. The topological polar surface area (TPSA) is 34.5 Å². The molecule has 1 heterocycles. The van der Waals surface area contributed by atoms with Crippen molar-refractivity contribution in [2.45, 2.75) is 6.92 Å². The minimum absolute atomic E-state index is 0.584. The molecular weight excluding hydrogens is 164 g/mol. The van der Waals surface area contributed by atoms with Crippen LogP contribution in [0.15, 0.2) is 23.5 Å². The van der Waals surface area contributed by atoms with Gasteiger partial charge in [0.15, 0.2) is 0 Å². The molecule has 0 aliphatic rings. The summed E-state index contributed by atoms with van der Waals surface area (Å²) in [5.41, 5.74) is 2.14. The van der Waals surface area contributed by atoms with Crippen LogP contribution in [0.25, 0.3) is 0 Å². The Morgan fingerprint density at radius 2 is 2.46 bits per heavy atom. The first-order valence-corrected chi connectivity index (χ1v) is 3.79. The molecular formula is C10H10N2O. The lowest BCUT2D eigenvalue weighted by Crippen LogP contribution is -2.00. The first-order chi connectivity index (χ1) is 6.29. The van der Waals surface area contributed by atoms with E-state index in [1.165, 1.54) is 7.11 Å². The Balaban J connectivity index is 3.15. The first-order valence-electron chi connectivity index (χ1n) is 3.79. The van der Waals surface area contributed by atoms with Crippen LogP contribution in [-0.4, -0.2) is 17.8 Å². The fourth-order valence-corrected chi connectivity index (χ4v) is 0.998. The van der Waals surface area contributed by atoms with E-state index in [1.54, 1.807) is 6.20 Å². The lowest BCUT2D eigenvalue weighted by molar-refractivity contribution is 0.213. The smallest absolute Gasteiger partial charge is 0.122 e. The lowest BCUT2D eigenvalue weighted by Gasteiger charge is -2.01. The highest BCUT2D eigenvalue weighted by Crippen LogP contribution is 2.05. The van der Waals surface area contributed by atoms with Crippen LogP contribution in [-0.2, 0) is 4.84 Å². The van der Waals surface area contributed by atoms with Crippen LogP contribution in [0.5, 0.6) is 0 Å². The van der Waals surface area contributed by atoms with Crippen molar-refractivity contribution in [2.75, 3.05) is 7.11 Å². The summed E-state index contributed by atoms with van der Waals surface area (Å²) in [5, 5.41) is 3.78. The van der Waals surface area contributed by atoms with Gasteiger partial charge in [-0.2, -0.15) is 0 Å². The van der Waals surface area contributed by atoms with Gasteiger partial charge >= 0.3 is 0 Å². The van der Waals surface area contributed by atoms with Gasteiger partial charge in [0.25, 0.3) is 0 Å². The summed E-state index contributed by atoms with van der Waals surface area (Å²) < 4.78 is 0. The Hall–Kier alpha value is -1.82. The summed E-state index contributed by atoms with van der Waals surface area (Å²) in [6, 6.07) is 3.67. The second-order valence-electron chi connectivity index (χ2n) is 2.40. The van der Waals surface area contributed by atoms with Crippen LogP contribution in [0, 0.1) is 12.3 Å². The van der Waals surface area contributed by atoms with Gasteiger partial charge in [-0.05, 0) is 25.0 Å². The van der Waals surface area contributed by atoms with Gasteiger partial charge in [0.2, 0.25) is 0 Å². The highest BCUT2D eigenvalue weighted by Gasteiger charge is 2.03. The minimum Gasteiger partial charge on any atom is -0.399 e. The average molecular weight is 174 g/mol. The molecule has 0 saturated carbocycles. The Bertz CT molecular complexity index is 363. The van der Waals surface area contributed by atoms with E-state index in [2.05, 4.69) is 20.9 Å². The van der Waals surface area contributed by atoms with Crippen LogP contribution in [0.1, 0.15) is 18.2 Å². The molecule has 0 saturated heterocycles. The molecule has 0 amide bonds. The largest absolute Gasteiger partial charge is 0.399 e. The molecule has 3 heteroatoms. The number of hydrogen-bond acceptors (Lipinski definition) is 3. The Morgan fingerprint density at radius 3 is 3.08 bits per heavy atom. The van der Waals surface area contributed by atoms with E-state index in [9.17, 15) is 0 Å². The van der Waals surface area contributed by atoms with Crippen molar-refractivity contribution in [3.8, 4) is 12.3 Å². The fraction of sp³-hybridized carbons (Fsp3) is 0.200. The summed E-state index contributed by atoms with van der Waals surface area (Å²) in [6.45, 7) is 1.82. The van der Waals surface area contributed by atoms with Gasteiger partial charge in [-0.3, -0.25) is 0 Å². The van der Waals surface area contributed by atoms with Crippen molar-refractivity contribution in [1.82, 2.24) is 4.98 Å². The molecule has 0 aliphatic carbocycles. The molecule has 0 spiro atoms. The minimum atomic E-state index is 0.584. The predicted molar refractivity (Wildman–Crippen MR) is 51.4 cm³/mol. The van der Waals surface area contributed by atoms with E-state index in [4.69, 9.17) is 6.42 Å². The number of nitrogens with zero attached hydrogens (tertiary/aromatic N) is 2. The highest BCUT2D eigenvalue weighted by molar-refractivity contribution is 6.00. The molecule has 0 aliphatic heterocycles. The van der Waals surface area contributed by atoms with Gasteiger partial charge in [-0.25, -0.2) is 4.98 Å². The Morgan fingerprint density at radius 1 is 1.69 bits per heavy atom. The number of aromatic nitrogens is 1. The van der Waals surface area contributed by atoms with Crippen LogP contribution in [0.2, 0.25) is 0 Å². The Labute approximate surface area is 77.4 Å². The molecule has 0 unspecified atom stereocenters. The maximum atomic E-state index is 5.28. The van der Waals surface area contributed by atoms with Crippen LogP contribution >= 0.6 is 0 Å². The van der Waals surface area contributed by atoms with Crippen LogP contribution in [0.3, 0.4) is 0 Å². The molecule has 0 radical (unpaired) electrons. The van der Waals surface area contributed by atoms with Crippen molar-refractivity contribution < 1.29 is 4.84 Å². The molecule has 0 atom stereocenters. The molecule has 3 nitrogen and oxygen atoms in total. The van der Waals surface area contributed by atoms with Gasteiger partial charge in [0.1, 0.15) is 12.8 Å². The summed E-state index contributed by atoms with van der Waals surface area (Å²) in [4.78, 5) is 8.68. The third-order valence-corrected chi connectivity index (χ3v) is 1.56. The zero-order valence-corrected chi connectivity index (χ0v) is 7.61. The van der Waals surface area contributed by atoms with E-state index in [0.717, 1.165) is 11.3 Å². The maximum absolute atomic E-state index is 5.28. The molecule has 0 bridgehead atoms. The second kappa shape index (κ2) is 4.27. The standard InChI is InChI=1S/C10H10N2O/c1-4-10-9(6-5-7-11-10)8(2)12-13-3/h1,5-7H,2-3H3. The molecule has 1 aromatic rings. The van der Waals surface area contributed by atoms with Gasteiger partial charge in [0.05, 0.1) is 5.71 Å². The van der Waals surface area contributed by atoms with Crippen molar-refractivity contribution in [1.29, 1.82) is 0 Å². The van der Waals surface area contributed by atoms with Crippen LogP contribution in [0.4, 0.5) is 0 Å². The van der Waals surface area contributed by atoms with Gasteiger partial charge in [-0.15, -0.1) is 6.42 Å². The van der Waals surface area contributed by atoms with Crippen LogP contribution < -0.4 is 0 Å². The van der Waals surface area contributed by atoms with Gasteiger partial charge in [0, 0.05) is 11.8 Å². The van der Waals surface area contributed by atoms with Crippen molar-refractivity contribution >= 4 is 5.71 Å². The predicted octanol–water partition coefficient (Wildman–Crippen LogP) is 1.43. The number of pyridine rings is 1. The SMILES string of the molecule is C#Cc1ncccc1C(C)=NOC. The lowest BCUT2D eigenvalue weighted by atomic mass is 10.1. The zero-order chi connectivity index (χ0) is 9.68. The van der Waals surface area contributed by atoms with E-state index in [-0.39, 0.29) is 0 Å². The first kappa shape index (κ1) is 9.27. The Kier molecular flexibility index (Phi) is 3.04. The summed E-state index contributed by atoms with van der Waals surface area (Å²) in [5.74, 6) is 2.49. The fourth-order valence-electron chi connectivity index (χ4n) is 0.998. The molecule has 0 aromatic carbocycles. The number of rotatable bonds is 2. The van der Waals surface area contributed by atoms with Crippen molar-refractivity contribution in [2.24, 2.45) is 5.16 Å². The summed E-state index contributed by atoms with van der Waals surface area (Å²) in [6.07, 6.45) is 6.93. The number of hydrogen-bond donors (Lipinski definition) is 0. The molecule has 1 aromatic heterocycles. The normalized spacial score (nSPS) is 10.7. The van der Waals surface area contributed by atoms with E-state index in [1.807, 2.05) is 19.1 Å². The molecule has 0 fully saturated rings. The van der Waals surface area contributed by atoms with Crippen molar-refractivity contribution in [3.05, 3.63) is 29.6 Å². The number of oxime groups is 1. The third-order valence-electron chi connectivity index (χ3n) is 1.56. The van der Waals surface area contributed by atoms with Crippen molar-refractivity contribution in [3.63, 3.8) is 0 Å². The average Bonchev–Trinajstić information content (AvgIpc) is 2.18. The molecule has 1 rings (SSSR count). The summed E-state index contributed by atoms with van der Waals surface area (Å²) >= 11 is 0. The highest BCUT2D eigenvalue weighted by atomic mass is 16.6. The zero-order valence-electron chi connectivity index (χ0n) is 7.61. The number of terminal acetylenes is 1. The molecule has 0 N–H and O–H groups in total.